The van der Waals surface area contributed by atoms with Gasteiger partial charge in [0, 0.05) is 30.5 Å². The number of aliphatic hydroxyl groups is 2. The number of epoxide rings is 1. The summed E-state index contributed by atoms with van der Waals surface area (Å²) < 4.78 is 6.89. The number of aromatic hydroxyl groups is 2. The van der Waals surface area contributed by atoms with E-state index in [4.69, 9.17) is 4.74 Å². The number of ether oxygens (including phenoxy) is 1. The highest BCUT2D eigenvalue weighted by molar-refractivity contribution is 5.99. The molecular weight excluding hydrogens is 338 g/mol. The van der Waals surface area contributed by atoms with Crippen LogP contribution in [-0.4, -0.2) is 49.9 Å². The van der Waals surface area contributed by atoms with E-state index >= 15 is 0 Å². The molecule has 2 heterocycles. The summed E-state index contributed by atoms with van der Waals surface area (Å²) in [4.78, 5) is 12.9. The second-order valence-electron chi connectivity index (χ2n) is 6.75. The first-order chi connectivity index (χ1) is 12.4. The first-order valence-electron chi connectivity index (χ1n) is 8.28. The zero-order valence-electron chi connectivity index (χ0n) is 14.1. The molecule has 0 bridgehead atoms. The first kappa shape index (κ1) is 16.8. The molecule has 4 rings (SSSR count). The van der Waals surface area contributed by atoms with E-state index in [9.17, 15) is 25.2 Å². The van der Waals surface area contributed by atoms with Crippen LogP contribution >= 0.6 is 0 Å². The van der Waals surface area contributed by atoms with Crippen molar-refractivity contribution in [3.8, 4) is 11.5 Å². The first-order valence-corrected chi connectivity index (χ1v) is 8.28. The maximum atomic E-state index is 12.9. The number of hydrogen-bond donors (Lipinski definition) is 4. The Bertz CT molecular complexity index is 1080. The summed E-state index contributed by atoms with van der Waals surface area (Å²) in [5.74, 6) is -0.547. The van der Waals surface area contributed by atoms with Crippen molar-refractivity contribution in [1.82, 2.24) is 4.57 Å². The molecule has 1 aromatic heterocycles. The van der Waals surface area contributed by atoms with Gasteiger partial charge in [0.2, 0.25) is 5.43 Å². The van der Waals surface area contributed by atoms with Crippen molar-refractivity contribution in [1.29, 1.82) is 0 Å². The van der Waals surface area contributed by atoms with Gasteiger partial charge in [-0.15, -0.1) is 0 Å². The van der Waals surface area contributed by atoms with Crippen LogP contribution in [0.1, 0.15) is 5.56 Å². The number of para-hydroxylation sites is 1. The van der Waals surface area contributed by atoms with Crippen LogP contribution in [0, 0.1) is 0 Å². The van der Waals surface area contributed by atoms with Gasteiger partial charge in [-0.05, 0) is 12.1 Å². The molecule has 7 nitrogen and oxygen atoms in total. The van der Waals surface area contributed by atoms with Gasteiger partial charge in [-0.3, -0.25) is 4.79 Å². The van der Waals surface area contributed by atoms with Crippen LogP contribution < -0.4 is 5.43 Å². The van der Waals surface area contributed by atoms with Crippen molar-refractivity contribution in [2.75, 3.05) is 13.2 Å². The molecule has 7 heteroatoms. The number of benzene rings is 2. The number of pyridine rings is 1. The van der Waals surface area contributed by atoms with Gasteiger partial charge < -0.3 is 29.7 Å². The molecule has 0 saturated carbocycles. The molecule has 1 fully saturated rings. The van der Waals surface area contributed by atoms with Crippen molar-refractivity contribution in [2.45, 2.75) is 18.1 Å². The fraction of sp³-hybridized carbons (Fsp3) is 0.316. The minimum absolute atomic E-state index is 0.0329. The third-order valence-corrected chi connectivity index (χ3v) is 5.22. The summed E-state index contributed by atoms with van der Waals surface area (Å²) in [6.07, 6.45) is -1.10. The predicted molar refractivity (Wildman–Crippen MR) is 95.5 cm³/mol. The highest BCUT2D eigenvalue weighted by Crippen LogP contribution is 2.38. The SMILES string of the molecule is Cn1c2ccccc2c(=O)c2c(O)cc(O)c(C[C@H](O)[C@]3(CO)CO3)c21. The van der Waals surface area contributed by atoms with E-state index in [2.05, 4.69) is 0 Å². The molecular formula is C19H19NO6. The highest BCUT2D eigenvalue weighted by Gasteiger charge is 2.51. The van der Waals surface area contributed by atoms with Crippen LogP contribution in [-0.2, 0) is 18.2 Å². The monoisotopic (exact) mass is 357 g/mol. The van der Waals surface area contributed by atoms with Gasteiger partial charge in [0.15, 0.2) is 0 Å². The fourth-order valence-corrected chi connectivity index (χ4v) is 3.55. The Hall–Kier alpha value is -2.61. The van der Waals surface area contributed by atoms with Gasteiger partial charge in [0.25, 0.3) is 0 Å². The van der Waals surface area contributed by atoms with Crippen LogP contribution in [0.25, 0.3) is 21.8 Å². The van der Waals surface area contributed by atoms with Crippen molar-refractivity contribution >= 4 is 21.8 Å². The Balaban J connectivity index is 2.03. The molecule has 0 amide bonds. The van der Waals surface area contributed by atoms with Crippen molar-refractivity contribution in [2.24, 2.45) is 7.05 Å². The molecule has 26 heavy (non-hydrogen) atoms. The quantitative estimate of drug-likeness (QED) is 0.405. The molecule has 0 aliphatic carbocycles. The topological polar surface area (TPSA) is 115 Å². The maximum Gasteiger partial charge on any atom is 0.200 e. The number of rotatable bonds is 4. The van der Waals surface area contributed by atoms with E-state index in [1.165, 1.54) is 0 Å². The van der Waals surface area contributed by atoms with Crippen LogP contribution in [0.3, 0.4) is 0 Å². The molecule has 136 valence electrons. The van der Waals surface area contributed by atoms with E-state index in [0.717, 1.165) is 6.07 Å². The third-order valence-electron chi connectivity index (χ3n) is 5.22. The molecule has 1 aliphatic heterocycles. The van der Waals surface area contributed by atoms with E-state index in [1.54, 1.807) is 35.9 Å². The number of fused-ring (bicyclic) bond motifs is 2. The maximum absolute atomic E-state index is 12.9. The average molecular weight is 357 g/mol. The van der Waals surface area contributed by atoms with E-state index in [-0.39, 0.29) is 41.9 Å². The summed E-state index contributed by atoms with van der Waals surface area (Å²) in [5, 5.41) is 41.1. The standard InChI is InChI=1S/C19H19NO6/c1-20-12-5-3-2-4-10(12)18(25)16-14(23)7-13(22)11(17(16)20)6-15(24)19(8-21)9-26-19/h2-5,7,15,21-24H,6,8-9H2,1H3/t15-,19-/m0/s1. The number of aryl methyl sites for hydroxylation is 1. The average Bonchev–Trinajstić information content (AvgIpc) is 3.43. The lowest BCUT2D eigenvalue weighted by Gasteiger charge is -2.21. The second-order valence-corrected chi connectivity index (χ2v) is 6.75. The van der Waals surface area contributed by atoms with Crippen LogP contribution in [0.5, 0.6) is 11.5 Å². The zero-order valence-corrected chi connectivity index (χ0v) is 14.1. The fourth-order valence-electron chi connectivity index (χ4n) is 3.55. The normalized spacial score (nSPS) is 20.6. The number of aliphatic hydroxyl groups excluding tert-OH is 2. The van der Waals surface area contributed by atoms with Crippen molar-refractivity contribution in [3.63, 3.8) is 0 Å². The molecule has 0 spiro atoms. The van der Waals surface area contributed by atoms with Crippen LogP contribution in [0.4, 0.5) is 0 Å². The lowest BCUT2D eigenvalue weighted by atomic mass is 9.94. The molecule has 2 aromatic carbocycles. The number of phenolic OH excluding ortho intramolecular Hbond substituents is 2. The molecule has 1 aliphatic rings. The third kappa shape index (κ3) is 2.28. The molecule has 0 radical (unpaired) electrons. The van der Waals surface area contributed by atoms with Gasteiger partial charge in [-0.1, -0.05) is 12.1 Å². The lowest BCUT2D eigenvalue weighted by molar-refractivity contribution is 0.0370. The summed E-state index contributed by atoms with van der Waals surface area (Å²) >= 11 is 0. The number of hydrogen-bond acceptors (Lipinski definition) is 6. The highest BCUT2D eigenvalue weighted by atomic mass is 16.6. The molecule has 4 N–H and O–H groups in total. The van der Waals surface area contributed by atoms with E-state index in [0.29, 0.717) is 22.0 Å². The minimum Gasteiger partial charge on any atom is -0.507 e. The van der Waals surface area contributed by atoms with Gasteiger partial charge in [0.1, 0.15) is 17.1 Å². The van der Waals surface area contributed by atoms with Crippen molar-refractivity contribution < 1.29 is 25.2 Å². The van der Waals surface area contributed by atoms with Gasteiger partial charge in [0.05, 0.1) is 35.7 Å². The number of phenols is 2. The largest absolute Gasteiger partial charge is 0.507 e. The smallest absolute Gasteiger partial charge is 0.200 e. The Kier molecular flexibility index (Phi) is 3.69. The van der Waals surface area contributed by atoms with Gasteiger partial charge >= 0.3 is 0 Å². The minimum atomic E-state index is -1.06. The number of nitrogens with zero attached hydrogens (tertiary/aromatic N) is 1. The Morgan fingerprint density at radius 2 is 1.96 bits per heavy atom. The Morgan fingerprint density at radius 3 is 2.62 bits per heavy atom. The second kappa shape index (κ2) is 5.70. The summed E-state index contributed by atoms with van der Waals surface area (Å²) in [6.45, 7) is -0.115. The Morgan fingerprint density at radius 1 is 1.27 bits per heavy atom. The van der Waals surface area contributed by atoms with Crippen LogP contribution in [0.15, 0.2) is 35.1 Å². The summed E-state index contributed by atoms with van der Waals surface area (Å²) in [6, 6.07) is 8.10. The molecule has 0 unspecified atom stereocenters. The van der Waals surface area contributed by atoms with Gasteiger partial charge in [-0.2, -0.15) is 0 Å². The Labute approximate surface area is 148 Å². The molecule has 2 atom stereocenters. The van der Waals surface area contributed by atoms with Crippen LogP contribution in [0.2, 0.25) is 0 Å². The number of aromatic nitrogens is 1. The summed E-state index contributed by atoms with van der Waals surface area (Å²) in [7, 11) is 1.73. The predicted octanol–water partition coefficient (Wildman–Crippen LogP) is 0.768. The van der Waals surface area contributed by atoms with E-state index in [1.807, 2.05) is 0 Å². The molecule has 1 saturated heterocycles. The van der Waals surface area contributed by atoms with E-state index < -0.39 is 11.7 Å². The van der Waals surface area contributed by atoms with Gasteiger partial charge in [-0.25, -0.2) is 0 Å². The zero-order chi connectivity index (χ0) is 18.6. The lowest BCUT2D eigenvalue weighted by Crippen LogP contribution is -2.35. The van der Waals surface area contributed by atoms with Crippen molar-refractivity contribution in [3.05, 3.63) is 46.1 Å². The summed E-state index contributed by atoms with van der Waals surface area (Å²) in [5.41, 5.74) is -0.0726. The molecule has 3 aromatic rings.